The summed E-state index contributed by atoms with van der Waals surface area (Å²) in [5, 5.41) is 2.69. The van der Waals surface area contributed by atoms with Crippen LogP contribution in [0.25, 0.3) is 0 Å². The predicted octanol–water partition coefficient (Wildman–Crippen LogP) is 1.20. The number of aromatic nitrogens is 1. The lowest BCUT2D eigenvalue weighted by molar-refractivity contribution is -0.127. The number of carbonyl (C=O) groups excluding carboxylic acids is 2. The van der Waals surface area contributed by atoms with E-state index in [1.165, 1.54) is 5.56 Å². The number of piperazine rings is 1. The van der Waals surface area contributed by atoms with Crippen LogP contribution in [0.1, 0.15) is 15.9 Å². The van der Waals surface area contributed by atoms with E-state index in [1.807, 2.05) is 18.2 Å². The van der Waals surface area contributed by atoms with Crippen molar-refractivity contribution >= 4 is 11.8 Å². The summed E-state index contributed by atoms with van der Waals surface area (Å²) >= 11 is 0. The first-order valence-electron chi connectivity index (χ1n) is 8.88. The molecule has 0 bridgehead atoms. The van der Waals surface area contributed by atoms with Crippen molar-refractivity contribution in [1.29, 1.82) is 0 Å². The summed E-state index contributed by atoms with van der Waals surface area (Å²) in [4.78, 5) is 33.1. The Morgan fingerprint density at radius 2 is 1.96 bits per heavy atom. The lowest BCUT2D eigenvalue weighted by Gasteiger charge is -2.40. The minimum absolute atomic E-state index is 0.133. The highest BCUT2D eigenvalue weighted by atomic mass is 16.2. The highest BCUT2D eigenvalue weighted by molar-refractivity contribution is 5.97. The van der Waals surface area contributed by atoms with Gasteiger partial charge in [-0.3, -0.25) is 19.5 Å². The number of likely N-dealkylation sites (N-methyl/N-ethyl adjacent to an activating group) is 1. The van der Waals surface area contributed by atoms with E-state index in [0.717, 1.165) is 19.5 Å². The van der Waals surface area contributed by atoms with Gasteiger partial charge in [0.25, 0.3) is 5.91 Å². The maximum absolute atomic E-state index is 12.8. The molecule has 1 aliphatic rings. The highest BCUT2D eigenvalue weighted by Crippen LogP contribution is 2.15. The van der Waals surface area contributed by atoms with Gasteiger partial charge in [-0.25, -0.2) is 0 Å². The van der Waals surface area contributed by atoms with Crippen LogP contribution in [0.2, 0.25) is 0 Å². The van der Waals surface area contributed by atoms with Gasteiger partial charge in [0.15, 0.2) is 0 Å². The van der Waals surface area contributed by atoms with Crippen molar-refractivity contribution in [2.45, 2.75) is 12.5 Å². The van der Waals surface area contributed by atoms with Gasteiger partial charge >= 0.3 is 0 Å². The summed E-state index contributed by atoms with van der Waals surface area (Å²) in [7, 11) is 1.61. The van der Waals surface area contributed by atoms with Crippen molar-refractivity contribution in [3.05, 3.63) is 66.0 Å². The lowest BCUT2D eigenvalue weighted by atomic mass is 10.1. The molecular formula is C20H24N4O2. The Balaban J connectivity index is 1.67. The molecule has 1 atom stereocenters. The molecule has 2 heterocycles. The maximum atomic E-state index is 12.8. The summed E-state index contributed by atoms with van der Waals surface area (Å²) in [5.74, 6) is -0.277. The minimum Gasteiger partial charge on any atom is -0.357 e. The first-order valence-corrected chi connectivity index (χ1v) is 8.88. The molecule has 1 aliphatic heterocycles. The van der Waals surface area contributed by atoms with E-state index < -0.39 is 6.04 Å². The standard InChI is InChI=1S/C20H24N4O2/c1-21-19(25)18-15-23(11-9-16-6-3-2-4-7-16)12-13-24(18)20(26)17-8-5-10-22-14-17/h2-8,10,14,18H,9,11-13,15H2,1H3,(H,21,25)/t18-/m0/s1. The van der Waals surface area contributed by atoms with E-state index in [0.29, 0.717) is 18.7 Å². The lowest BCUT2D eigenvalue weighted by Crippen LogP contribution is -2.60. The third kappa shape index (κ3) is 4.26. The number of nitrogens with one attached hydrogen (secondary N) is 1. The van der Waals surface area contributed by atoms with Gasteiger partial charge in [0.1, 0.15) is 6.04 Å². The SMILES string of the molecule is CNC(=O)[C@@H]1CN(CCc2ccccc2)CCN1C(=O)c1cccnc1. The van der Waals surface area contributed by atoms with Crippen molar-refractivity contribution in [3.8, 4) is 0 Å². The average molecular weight is 352 g/mol. The Morgan fingerprint density at radius 1 is 1.15 bits per heavy atom. The Hall–Kier alpha value is -2.73. The van der Waals surface area contributed by atoms with Crippen LogP contribution in [0, 0.1) is 0 Å². The van der Waals surface area contributed by atoms with Crippen molar-refractivity contribution < 1.29 is 9.59 Å². The number of rotatable bonds is 5. The van der Waals surface area contributed by atoms with Crippen LogP contribution in [0.4, 0.5) is 0 Å². The zero-order chi connectivity index (χ0) is 18.4. The monoisotopic (exact) mass is 352 g/mol. The summed E-state index contributed by atoms with van der Waals surface area (Å²) < 4.78 is 0. The second kappa shape index (κ2) is 8.58. The maximum Gasteiger partial charge on any atom is 0.256 e. The van der Waals surface area contributed by atoms with E-state index >= 15 is 0 Å². The number of pyridine rings is 1. The molecule has 1 aromatic heterocycles. The zero-order valence-electron chi connectivity index (χ0n) is 15.0. The van der Waals surface area contributed by atoms with Crippen LogP contribution in [-0.4, -0.2) is 65.9 Å². The molecule has 2 amide bonds. The zero-order valence-corrected chi connectivity index (χ0v) is 15.0. The van der Waals surface area contributed by atoms with E-state index in [4.69, 9.17) is 0 Å². The van der Waals surface area contributed by atoms with Crippen molar-refractivity contribution in [3.63, 3.8) is 0 Å². The molecule has 0 radical (unpaired) electrons. The molecule has 136 valence electrons. The van der Waals surface area contributed by atoms with Crippen LogP contribution in [-0.2, 0) is 11.2 Å². The van der Waals surface area contributed by atoms with Gasteiger partial charge in [0.2, 0.25) is 5.91 Å². The summed E-state index contributed by atoms with van der Waals surface area (Å²) in [6, 6.07) is 13.3. The molecule has 1 N–H and O–H groups in total. The Bertz CT molecular complexity index is 736. The summed E-state index contributed by atoms with van der Waals surface area (Å²) in [5.41, 5.74) is 1.79. The Morgan fingerprint density at radius 3 is 2.65 bits per heavy atom. The molecule has 0 spiro atoms. The first-order chi connectivity index (χ1) is 12.7. The predicted molar refractivity (Wildman–Crippen MR) is 99.7 cm³/mol. The molecule has 6 heteroatoms. The number of hydrogen-bond acceptors (Lipinski definition) is 4. The molecule has 3 rings (SSSR count). The van der Waals surface area contributed by atoms with E-state index in [1.54, 1.807) is 36.5 Å². The molecule has 1 fully saturated rings. The van der Waals surface area contributed by atoms with E-state index in [-0.39, 0.29) is 11.8 Å². The number of hydrogen-bond donors (Lipinski definition) is 1. The van der Waals surface area contributed by atoms with Crippen LogP contribution >= 0.6 is 0 Å². The van der Waals surface area contributed by atoms with Crippen LogP contribution in [0.15, 0.2) is 54.9 Å². The molecule has 0 aliphatic carbocycles. The normalized spacial score (nSPS) is 17.7. The van der Waals surface area contributed by atoms with Gasteiger partial charge < -0.3 is 10.2 Å². The molecule has 2 aromatic rings. The van der Waals surface area contributed by atoms with Crippen LogP contribution in [0.3, 0.4) is 0 Å². The fourth-order valence-corrected chi connectivity index (χ4v) is 3.26. The first kappa shape index (κ1) is 18.1. The van der Waals surface area contributed by atoms with Crippen molar-refractivity contribution in [1.82, 2.24) is 20.1 Å². The highest BCUT2D eigenvalue weighted by Gasteiger charge is 2.35. The molecule has 1 aromatic carbocycles. The van der Waals surface area contributed by atoms with E-state index in [9.17, 15) is 9.59 Å². The minimum atomic E-state index is -0.489. The topological polar surface area (TPSA) is 65.5 Å². The Labute approximate surface area is 153 Å². The third-order valence-electron chi connectivity index (χ3n) is 4.74. The van der Waals surface area contributed by atoms with Crippen LogP contribution < -0.4 is 5.32 Å². The van der Waals surface area contributed by atoms with Crippen LogP contribution in [0.5, 0.6) is 0 Å². The quantitative estimate of drug-likeness (QED) is 0.878. The molecule has 26 heavy (non-hydrogen) atoms. The fraction of sp³-hybridized carbons (Fsp3) is 0.350. The van der Waals surface area contributed by atoms with Crippen molar-refractivity contribution in [2.75, 3.05) is 33.2 Å². The average Bonchev–Trinajstić information content (AvgIpc) is 2.72. The van der Waals surface area contributed by atoms with Gasteiger partial charge in [-0.15, -0.1) is 0 Å². The van der Waals surface area contributed by atoms with Crippen molar-refractivity contribution in [2.24, 2.45) is 0 Å². The molecule has 6 nitrogen and oxygen atoms in total. The molecule has 0 saturated carbocycles. The van der Waals surface area contributed by atoms with Gasteiger partial charge in [0.05, 0.1) is 5.56 Å². The summed E-state index contributed by atoms with van der Waals surface area (Å²) in [6.45, 7) is 2.69. The molecular weight excluding hydrogens is 328 g/mol. The molecule has 1 saturated heterocycles. The number of nitrogens with zero attached hydrogens (tertiary/aromatic N) is 3. The third-order valence-corrected chi connectivity index (χ3v) is 4.74. The smallest absolute Gasteiger partial charge is 0.256 e. The van der Waals surface area contributed by atoms with Gasteiger partial charge in [-0.05, 0) is 24.1 Å². The van der Waals surface area contributed by atoms with Gasteiger partial charge in [0, 0.05) is 45.6 Å². The second-order valence-electron chi connectivity index (χ2n) is 6.41. The second-order valence-corrected chi connectivity index (χ2v) is 6.41. The number of carbonyl (C=O) groups is 2. The number of amides is 2. The largest absolute Gasteiger partial charge is 0.357 e. The van der Waals surface area contributed by atoms with Gasteiger partial charge in [-0.2, -0.15) is 0 Å². The summed E-state index contributed by atoms with van der Waals surface area (Å²) in [6.07, 6.45) is 4.11. The van der Waals surface area contributed by atoms with E-state index in [2.05, 4.69) is 27.3 Å². The van der Waals surface area contributed by atoms with Gasteiger partial charge in [-0.1, -0.05) is 30.3 Å². The Kier molecular flexibility index (Phi) is 5.96. The fourth-order valence-electron chi connectivity index (χ4n) is 3.26. The molecule has 0 unspecified atom stereocenters. The number of benzene rings is 1.